The van der Waals surface area contributed by atoms with Crippen molar-refractivity contribution in [1.29, 1.82) is 0 Å². The average Bonchev–Trinajstić information content (AvgIpc) is 3.37. The van der Waals surface area contributed by atoms with Gasteiger partial charge in [0.15, 0.2) is 0 Å². The summed E-state index contributed by atoms with van der Waals surface area (Å²) in [5.41, 5.74) is 2.40. The molecule has 360 valence electrons. The monoisotopic (exact) mass is 951 g/mol. The van der Waals surface area contributed by atoms with Crippen LogP contribution in [0, 0.1) is 0 Å². The Balaban J connectivity index is 0.000000213. The summed E-state index contributed by atoms with van der Waals surface area (Å²) >= 11 is 0. The summed E-state index contributed by atoms with van der Waals surface area (Å²) in [6.07, 6.45) is 8.81. The van der Waals surface area contributed by atoms with Gasteiger partial charge in [-0.2, -0.15) is 0 Å². The van der Waals surface area contributed by atoms with E-state index in [1.165, 1.54) is 23.9 Å². The third kappa shape index (κ3) is 15.2. The number of aromatic nitrogens is 6. The molecule has 0 bridgehead atoms. The van der Waals surface area contributed by atoms with Crippen molar-refractivity contribution in [3.8, 4) is 11.5 Å². The number of nitrogens with zero attached hydrogens (tertiary/aromatic N) is 2. The van der Waals surface area contributed by atoms with Gasteiger partial charge in [-0.3, -0.25) is 29.1 Å². The molecule has 4 aromatic heterocycles. The highest BCUT2D eigenvalue weighted by molar-refractivity contribution is 5.68. The van der Waals surface area contributed by atoms with E-state index in [-0.39, 0.29) is 39.5 Å². The Kier molecular flexibility index (Phi) is 16.7. The number of carbonyl (C=O) groups is 1. The highest BCUT2D eigenvalue weighted by atomic mass is 16.6. The van der Waals surface area contributed by atoms with Crippen LogP contribution in [0.2, 0.25) is 0 Å². The van der Waals surface area contributed by atoms with Crippen molar-refractivity contribution < 1.29 is 19.0 Å². The van der Waals surface area contributed by atoms with Gasteiger partial charge in [-0.25, -0.2) is 4.79 Å². The molecule has 1 amide bonds. The Hall–Kier alpha value is -9.11. The lowest BCUT2D eigenvalue weighted by Crippen LogP contribution is -2.46. The van der Waals surface area contributed by atoms with Crippen molar-refractivity contribution in [2.75, 3.05) is 13.2 Å². The first kappa shape index (κ1) is 49.8. The van der Waals surface area contributed by atoms with Crippen LogP contribution in [0.3, 0.4) is 0 Å². The minimum Gasteiger partial charge on any atom is -0.491 e. The molecule has 0 fully saturated rings. The molecule has 4 aromatic carbocycles. The Labute approximate surface area is 407 Å². The number of nitrogens with one attached hydrogen (secondary N) is 5. The van der Waals surface area contributed by atoms with E-state index >= 15 is 0 Å². The summed E-state index contributed by atoms with van der Waals surface area (Å²) in [6, 6.07) is 44.6. The highest BCUT2D eigenvalue weighted by Crippen LogP contribution is 2.19. The SMILES string of the molecule is CC(C)(C)OC(=O)N[C@@H](COc1ccc(/C=c2\[nH]c(=O)/c(=C/c3ccccc3)[nH]c2=O)nc1)c1ccccc1.C[C@@H](COc1ccc(/C=c2\[nH]c(=O)/c(=C/c3ccccc3)[nH]c2=O)nc1)c1ccccc1. The smallest absolute Gasteiger partial charge is 0.408 e. The molecule has 15 nitrogen and oxygen atoms in total. The maximum atomic E-state index is 12.6. The van der Waals surface area contributed by atoms with Gasteiger partial charge in [0.25, 0.3) is 22.2 Å². The zero-order chi connectivity index (χ0) is 50.2. The zero-order valence-corrected chi connectivity index (χ0v) is 39.5. The van der Waals surface area contributed by atoms with Crippen molar-refractivity contribution in [2.24, 2.45) is 0 Å². The number of hydrogen-bond donors (Lipinski definition) is 5. The second-order valence-corrected chi connectivity index (χ2v) is 17.3. The number of amides is 1. The van der Waals surface area contributed by atoms with Crippen LogP contribution >= 0.6 is 0 Å². The van der Waals surface area contributed by atoms with Gasteiger partial charge >= 0.3 is 6.09 Å². The molecule has 5 N–H and O–H groups in total. The van der Waals surface area contributed by atoms with Gasteiger partial charge in [0.05, 0.1) is 36.4 Å². The summed E-state index contributed by atoms with van der Waals surface area (Å²) in [5, 5.41) is 3.42. The van der Waals surface area contributed by atoms with Crippen LogP contribution in [-0.4, -0.2) is 54.8 Å². The van der Waals surface area contributed by atoms with E-state index in [1.807, 2.05) is 109 Å². The molecule has 2 atom stereocenters. The number of hydrogen-bond acceptors (Lipinski definition) is 10. The van der Waals surface area contributed by atoms with Crippen LogP contribution in [0.5, 0.6) is 11.5 Å². The van der Waals surface area contributed by atoms with Crippen LogP contribution in [0.1, 0.15) is 73.3 Å². The van der Waals surface area contributed by atoms with Crippen molar-refractivity contribution in [1.82, 2.24) is 35.2 Å². The first-order valence-electron chi connectivity index (χ1n) is 22.7. The lowest BCUT2D eigenvalue weighted by molar-refractivity contribution is 0.0486. The summed E-state index contributed by atoms with van der Waals surface area (Å²) in [4.78, 5) is 81.4. The predicted molar refractivity (Wildman–Crippen MR) is 274 cm³/mol. The largest absolute Gasteiger partial charge is 0.491 e. The van der Waals surface area contributed by atoms with E-state index < -0.39 is 34.4 Å². The van der Waals surface area contributed by atoms with E-state index in [4.69, 9.17) is 14.2 Å². The van der Waals surface area contributed by atoms with Crippen LogP contribution in [0.25, 0.3) is 24.3 Å². The molecule has 0 saturated carbocycles. The minimum atomic E-state index is -0.630. The molecule has 0 spiro atoms. The topological polar surface area (TPSA) is 214 Å². The average molecular weight is 952 g/mol. The second-order valence-electron chi connectivity index (χ2n) is 17.3. The number of pyridine rings is 2. The maximum Gasteiger partial charge on any atom is 0.408 e. The molecule has 0 aliphatic carbocycles. The van der Waals surface area contributed by atoms with E-state index in [0.717, 1.165) is 16.7 Å². The van der Waals surface area contributed by atoms with Crippen molar-refractivity contribution in [3.63, 3.8) is 0 Å². The fourth-order valence-electron chi connectivity index (χ4n) is 6.88. The number of alkyl carbamates (subject to hydrolysis) is 1. The van der Waals surface area contributed by atoms with Gasteiger partial charge in [-0.05, 0) is 91.6 Å². The molecule has 0 saturated heterocycles. The van der Waals surface area contributed by atoms with Crippen LogP contribution in [0.15, 0.2) is 177 Å². The minimum absolute atomic E-state index is 0.0806. The van der Waals surface area contributed by atoms with Gasteiger partial charge < -0.3 is 39.5 Å². The lowest BCUT2D eigenvalue weighted by atomic mass is 10.0. The van der Waals surface area contributed by atoms with Crippen LogP contribution in [-0.2, 0) is 4.74 Å². The van der Waals surface area contributed by atoms with Gasteiger partial charge in [0.1, 0.15) is 45.1 Å². The van der Waals surface area contributed by atoms with E-state index in [9.17, 15) is 24.0 Å². The normalized spacial score (nSPS) is 13.1. The molecule has 0 unspecified atom stereocenters. The van der Waals surface area contributed by atoms with E-state index in [0.29, 0.717) is 29.5 Å². The van der Waals surface area contributed by atoms with Gasteiger partial charge in [-0.1, -0.05) is 128 Å². The first-order chi connectivity index (χ1) is 34.2. The summed E-state index contributed by atoms with van der Waals surface area (Å²) in [5.74, 6) is 1.35. The third-order valence-corrected chi connectivity index (χ3v) is 10.5. The molecule has 0 aliphatic heterocycles. The molecular weight excluding hydrogens is 899 g/mol. The second kappa shape index (κ2) is 23.8. The van der Waals surface area contributed by atoms with Gasteiger partial charge in [0, 0.05) is 5.92 Å². The Bertz CT molecular complexity index is 3520. The zero-order valence-electron chi connectivity index (χ0n) is 39.5. The standard InChI is InChI=1S/C30H30N4O5.C26H23N3O3/c1-30(2,3)39-29(37)34-26(21-12-8-5-9-13-21)19-38-23-15-14-22(31-18-23)17-25-28(36)32-24(27(35)33-25)16-20-10-6-4-7-11-20;1-18(20-10-6-3-7-11-20)17-32-22-13-12-21(27-16-22)15-24-26(31)28-23(25(30)29-24)14-19-8-4-2-5-9-19/h4-18,26H,19H2,1-3H3,(H,32,36)(H,33,35)(H,34,37);2-16,18H,17H2,1H3,(H,28,31)(H,29,30)/b24-16-,25-17-;23-14-,24-15-/t26-;18-/m00/s1. The van der Waals surface area contributed by atoms with Crippen molar-refractivity contribution in [3.05, 3.63) is 254 Å². The van der Waals surface area contributed by atoms with Crippen LogP contribution in [0.4, 0.5) is 4.79 Å². The summed E-state index contributed by atoms with van der Waals surface area (Å²) in [7, 11) is 0. The molecule has 71 heavy (non-hydrogen) atoms. The quantitative estimate of drug-likeness (QED) is 0.104. The Morgan fingerprint density at radius 1 is 0.521 bits per heavy atom. The molecule has 8 aromatic rings. The molecule has 8 rings (SSSR count). The predicted octanol–water partition coefficient (Wildman–Crippen LogP) is 5.06. The summed E-state index contributed by atoms with van der Waals surface area (Å²) in [6.45, 7) is 8.16. The number of ether oxygens (including phenoxy) is 3. The lowest BCUT2D eigenvalue weighted by Gasteiger charge is -2.24. The fourth-order valence-corrected chi connectivity index (χ4v) is 6.88. The number of aromatic amines is 4. The molecule has 15 heteroatoms. The molecule has 0 aliphatic rings. The number of carbonyl (C=O) groups excluding carboxylic acids is 1. The van der Waals surface area contributed by atoms with Gasteiger partial charge in [-0.15, -0.1) is 0 Å². The Morgan fingerprint density at radius 3 is 1.30 bits per heavy atom. The van der Waals surface area contributed by atoms with Crippen molar-refractivity contribution in [2.45, 2.75) is 45.3 Å². The molecule has 4 heterocycles. The Morgan fingerprint density at radius 2 is 0.901 bits per heavy atom. The van der Waals surface area contributed by atoms with Crippen molar-refractivity contribution >= 4 is 30.4 Å². The van der Waals surface area contributed by atoms with E-state index in [2.05, 4.69) is 54.3 Å². The van der Waals surface area contributed by atoms with E-state index in [1.54, 1.807) is 63.4 Å². The fraction of sp³-hybridized carbons (Fsp3) is 0.161. The van der Waals surface area contributed by atoms with Crippen LogP contribution < -0.4 is 58.4 Å². The number of H-pyrrole nitrogens is 4. The molecular formula is C56H53N7O8. The molecule has 0 radical (unpaired) electrons. The highest BCUT2D eigenvalue weighted by Gasteiger charge is 2.21. The summed E-state index contributed by atoms with van der Waals surface area (Å²) < 4.78 is 17.1. The maximum absolute atomic E-state index is 12.6. The number of benzene rings is 4. The van der Waals surface area contributed by atoms with Gasteiger partial charge in [0.2, 0.25) is 0 Å². The third-order valence-electron chi connectivity index (χ3n) is 10.5. The number of rotatable bonds is 13. The first-order valence-corrected chi connectivity index (χ1v) is 22.7.